The summed E-state index contributed by atoms with van der Waals surface area (Å²) in [6.45, 7) is 2.22. The van der Waals surface area contributed by atoms with Crippen LogP contribution in [-0.2, 0) is 6.42 Å². The van der Waals surface area contributed by atoms with E-state index in [9.17, 15) is 0 Å². The van der Waals surface area contributed by atoms with Crippen LogP contribution in [0.5, 0.6) is 5.75 Å². The number of unbranched alkanes of at least 4 members (excludes halogenated alkanes) is 2. The normalized spacial score (nSPS) is 19.8. The van der Waals surface area contributed by atoms with Crippen LogP contribution >= 0.6 is 0 Å². The fourth-order valence-electron chi connectivity index (χ4n) is 2.42. The van der Waals surface area contributed by atoms with Gasteiger partial charge in [-0.15, -0.1) is 0 Å². The maximum absolute atomic E-state index is 5.95. The van der Waals surface area contributed by atoms with E-state index in [1.165, 1.54) is 24.8 Å². The number of benzene rings is 1. The van der Waals surface area contributed by atoms with Gasteiger partial charge in [-0.1, -0.05) is 44.4 Å². The summed E-state index contributed by atoms with van der Waals surface area (Å²) in [7, 11) is 0. The van der Waals surface area contributed by atoms with Crippen LogP contribution in [0.25, 0.3) is 0 Å². The number of nitrogens with two attached hydrogens (primary N) is 1. The molecule has 0 bridgehead atoms. The predicted octanol–water partition coefficient (Wildman–Crippen LogP) is 2.40. The van der Waals surface area contributed by atoms with Crippen LogP contribution in [0.3, 0.4) is 0 Å². The van der Waals surface area contributed by atoms with Crippen molar-refractivity contribution in [3.63, 3.8) is 0 Å². The Hall–Kier alpha value is -1.06. The quantitative estimate of drug-likeness (QED) is 0.451. The Morgan fingerprint density at radius 2 is 2.24 bits per heavy atom. The molecule has 17 heavy (non-hydrogen) atoms. The van der Waals surface area contributed by atoms with Crippen LogP contribution in [0.1, 0.15) is 38.2 Å². The molecular weight excluding hydrogens is 212 g/mol. The van der Waals surface area contributed by atoms with Crippen LogP contribution < -0.4 is 16.0 Å². The lowest BCUT2D eigenvalue weighted by molar-refractivity contribution is 0.170. The van der Waals surface area contributed by atoms with Crippen LogP contribution in [0.2, 0.25) is 0 Å². The first-order valence-electron chi connectivity index (χ1n) is 6.56. The van der Waals surface area contributed by atoms with Crippen molar-refractivity contribution in [3.8, 4) is 5.75 Å². The first-order chi connectivity index (χ1) is 8.35. The first kappa shape index (κ1) is 12.4. The molecule has 1 aromatic rings. The molecule has 3 nitrogen and oxygen atoms in total. The number of hydrazine groups is 1. The second-order valence-electron chi connectivity index (χ2n) is 4.74. The third-order valence-electron chi connectivity index (χ3n) is 3.45. The Bertz CT molecular complexity index is 329. The van der Waals surface area contributed by atoms with E-state index in [0.717, 1.165) is 18.6 Å². The molecule has 1 aliphatic rings. The molecule has 0 radical (unpaired) electrons. The highest BCUT2D eigenvalue weighted by molar-refractivity contribution is 5.37. The van der Waals surface area contributed by atoms with E-state index in [4.69, 9.17) is 10.6 Å². The Labute approximate surface area is 103 Å². The van der Waals surface area contributed by atoms with Gasteiger partial charge in [-0.2, -0.15) is 0 Å². The molecule has 3 N–H and O–H groups in total. The van der Waals surface area contributed by atoms with E-state index < -0.39 is 0 Å². The fourth-order valence-corrected chi connectivity index (χ4v) is 2.42. The fraction of sp³-hybridized carbons (Fsp3) is 0.571. The molecule has 0 spiro atoms. The molecule has 94 valence electrons. The minimum absolute atomic E-state index is 0.189. The molecule has 1 aliphatic heterocycles. The maximum Gasteiger partial charge on any atom is 0.123 e. The van der Waals surface area contributed by atoms with Crippen LogP contribution in [0, 0.1) is 0 Å². The molecule has 0 saturated carbocycles. The third-order valence-corrected chi connectivity index (χ3v) is 3.45. The van der Waals surface area contributed by atoms with Crippen molar-refractivity contribution < 1.29 is 4.74 Å². The molecule has 0 saturated heterocycles. The van der Waals surface area contributed by atoms with Crippen LogP contribution in [0.15, 0.2) is 24.3 Å². The van der Waals surface area contributed by atoms with Gasteiger partial charge in [0.15, 0.2) is 0 Å². The zero-order chi connectivity index (χ0) is 12.1. The Morgan fingerprint density at radius 1 is 1.41 bits per heavy atom. The number of fused-ring (bicyclic) bond motifs is 1. The summed E-state index contributed by atoms with van der Waals surface area (Å²) >= 11 is 0. The van der Waals surface area contributed by atoms with Crippen molar-refractivity contribution in [1.82, 2.24) is 5.43 Å². The van der Waals surface area contributed by atoms with Gasteiger partial charge in [-0.25, -0.2) is 0 Å². The minimum atomic E-state index is 0.189. The highest BCUT2D eigenvalue weighted by Gasteiger charge is 2.28. The molecule has 1 heterocycles. The van der Waals surface area contributed by atoms with Gasteiger partial charge in [0, 0.05) is 6.42 Å². The lowest BCUT2D eigenvalue weighted by Gasteiger charge is -2.22. The molecular formula is C14H22N2O. The number of hydrogen-bond donors (Lipinski definition) is 2. The van der Waals surface area contributed by atoms with Crippen molar-refractivity contribution in [2.45, 2.75) is 51.2 Å². The molecule has 0 aromatic heterocycles. The number of hydrogen-bond acceptors (Lipinski definition) is 3. The summed E-state index contributed by atoms with van der Waals surface area (Å²) in [4.78, 5) is 0. The Kier molecular flexibility index (Phi) is 4.40. The van der Waals surface area contributed by atoms with Gasteiger partial charge < -0.3 is 4.74 Å². The molecule has 0 aliphatic carbocycles. The van der Waals surface area contributed by atoms with E-state index in [1.54, 1.807) is 0 Å². The lowest BCUT2D eigenvalue weighted by atomic mass is 10.00. The van der Waals surface area contributed by atoms with E-state index in [-0.39, 0.29) is 12.1 Å². The van der Waals surface area contributed by atoms with Crippen molar-refractivity contribution in [1.29, 1.82) is 0 Å². The monoisotopic (exact) mass is 234 g/mol. The second kappa shape index (κ2) is 6.03. The van der Waals surface area contributed by atoms with Gasteiger partial charge in [-0.05, 0) is 18.1 Å². The van der Waals surface area contributed by atoms with E-state index in [0.29, 0.717) is 0 Å². The molecule has 2 rings (SSSR count). The Morgan fingerprint density at radius 3 is 2.94 bits per heavy atom. The summed E-state index contributed by atoms with van der Waals surface area (Å²) in [5.41, 5.74) is 4.21. The van der Waals surface area contributed by atoms with E-state index in [1.807, 2.05) is 12.1 Å². The predicted molar refractivity (Wildman–Crippen MR) is 69.8 cm³/mol. The van der Waals surface area contributed by atoms with Crippen molar-refractivity contribution in [2.24, 2.45) is 5.84 Å². The highest BCUT2D eigenvalue weighted by atomic mass is 16.5. The van der Waals surface area contributed by atoms with Crippen LogP contribution in [-0.4, -0.2) is 12.1 Å². The molecule has 2 unspecified atom stereocenters. The number of rotatable bonds is 6. The Balaban J connectivity index is 1.91. The van der Waals surface area contributed by atoms with Crippen molar-refractivity contribution >= 4 is 0 Å². The SMILES string of the molecule is CCCCCC(NN)C1Cc2ccccc2O1. The zero-order valence-electron chi connectivity index (χ0n) is 10.5. The topological polar surface area (TPSA) is 47.3 Å². The van der Waals surface area contributed by atoms with Gasteiger partial charge >= 0.3 is 0 Å². The van der Waals surface area contributed by atoms with Crippen LogP contribution in [0.4, 0.5) is 0 Å². The van der Waals surface area contributed by atoms with Gasteiger partial charge in [0.05, 0.1) is 6.04 Å². The van der Waals surface area contributed by atoms with E-state index in [2.05, 4.69) is 24.5 Å². The summed E-state index contributed by atoms with van der Waals surface area (Å²) in [5.74, 6) is 6.66. The van der Waals surface area contributed by atoms with Crippen molar-refractivity contribution in [2.75, 3.05) is 0 Å². The summed E-state index contributed by atoms with van der Waals surface area (Å²) < 4.78 is 5.95. The largest absolute Gasteiger partial charge is 0.488 e. The average molecular weight is 234 g/mol. The standard InChI is InChI=1S/C14H22N2O/c1-2-3-4-8-12(16-15)14-10-11-7-5-6-9-13(11)17-14/h5-7,9,12,14,16H,2-4,8,10,15H2,1H3. The molecule has 3 heteroatoms. The molecule has 0 fully saturated rings. The first-order valence-corrected chi connectivity index (χ1v) is 6.56. The number of nitrogens with one attached hydrogen (secondary N) is 1. The molecule has 0 amide bonds. The molecule has 2 atom stereocenters. The molecule has 1 aromatic carbocycles. The summed E-state index contributed by atoms with van der Waals surface area (Å²) in [6.07, 6.45) is 5.96. The summed E-state index contributed by atoms with van der Waals surface area (Å²) in [6, 6.07) is 8.51. The van der Waals surface area contributed by atoms with Gasteiger partial charge in [0.1, 0.15) is 11.9 Å². The smallest absolute Gasteiger partial charge is 0.123 e. The van der Waals surface area contributed by atoms with Gasteiger partial charge in [0.2, 0.25) is 0 Å². The zero-order valence-corrected chi connectivity index (χ0v) is 10.5. The van der Waals surface area contributed by atoms with Gasteiger partial charge in [-0.3, -0.25) is 11.3 Å². The number of ether oxygens (including phenoxy) is 1. The minimum Gasteiger partial charge on any atom is -0.488 e. The highest BCUT2D eigenvalue weighted by Crippen LogP contribution is 2.30. The van der Waals surface area contributed by atoms with E-state index >= 15 is 0 Å². The second-order valence-corrected chi connectivity index (χ2v) is 4.74. The maximum atomic E-state index is 5.95. The number of para-hydroxylation sites is 1. The summed E-state index contributed by atoms with van der Waals surface area (Å²) in [5, 5.41) is 0. The average Bonchev–Trinajstić information content (AvgIpc) is 2.78. The third kappa shape index (κ3) is 2.99. The lowest BCUT2D eigenvalue weighted by Crippen LogP contribution is -2.46. The van der Waals surface area contributed by atoms with Gasteiger partial charge in [0.25, 0.3) is 0 Å². The van der Waals surface area contributed by atoms with Crippen molar-refractivity contribution in [3.05, 3.63) is 29.8 Å².